The van der Waals surface area contributed by atoms with E-state index in [2.05, 4.69) is 22.4 Å². The molecule has 0 saturated heterocycles. The lowest BCUT2D eigenvalue weighted by Crippen LogP contribution is -2.23. The number of halogens is 1. The van der Waals surface area contributed by atoms with E-state index in [1.54, 1.807) is 0 Å². The standard InChI is InChI=1S/C18H18ClN3O/c1-12(15-10-6-7-11-16(15)19)20-13(2)17-21-22-18(23-17)14-8-4-3-5-9-14/h3-13,20H,1-2H3/t12-,13-/m0/s1. The van der Waals surface area contributed by atoms with Crippen molar-refractivity contribution >= 4 is 11.6 Å². The first kappa shape index (κ1) is 15.7. The lowest BCUT2D eigenvalue weighted by molar-refractivity contribution is 0.395. The summed E-state index contributed by atoms with van der Waals surface area (Å²) < 4.78 is 5.78. The van der Waals surface area contributed by atoms with Gasteiger partial charge in [-0.3, -0.25) is 5.32 Å². The Morgan fingerprint density at radius 2 is 1.61 bits per heavy atom. The van der Waals surface area contributed by atoms with Crippen molar-refractivity contribution in [2.45, 2.75) is 25.9 Å². The van der Waals surface area contributed by atoms with Crippen LogP contribution in [0.1, 0.15) is 37.4 Å². The van der Waals surface area contributed by atoms with E-state index in [0.717, 1.165) is 16.1 Å². The van der Waals surface area contributed by atoms with Crippen molar-refractivity contribution in [3.8, 4) is 11.5 Å². The zero-order valence-corrected chi connectivity index (χ0v) is 13.8. The molecule has 3 aromatic rings. The molecular formula is C18H18ClN3O. The van der Waals surface area contributed by atoms with Crippen molar-refractivity contribution in [3.05, 3.63) is 71.1 Å². The van der Waals surface area contributed by atoms with Gasteiger partial charge in [-0.25, -0.2) is 0 Å². The molecule has 0 amide bonds. The summed E-state index contributed by atoms with van der Waals surface area (Å²) in [6.45, 7) is 4.06. The molecule has 0 bridgehead atoms. The second-order valence-corrected chi connectivity index (χ2v) is 5.85. The summed E-state index contributed by atoms with van der Waals surface area (Å²) in [7, 11) is 0. The molecule has 23 heavy (non-hydrogen) atoms. The molecular weight excluding hydrogens is 310 g/mol. The summed E-state index contributed by atoms with van der Waals surface area (Å²) in [5.41, 5.74) is 1.96. The number of hydrogen-bond acceptors (Lipinski definition) is 4. The van der Waals surface area contributed by atoms with Gasteiger partial charge in [0.1, 0.15) is 0 Å². The summed E-state index contributed by atoms with van der Waals surface area (Å²) >= 11 is 6.24. The second-order valence-electron chi connectivity index (χ2n) is 5.44. The highest BCUT2D eigenvalue weighted by Gasteiger charge is 2.18. The molecule has 2 aromatic carbocycles. The first-order chi connectivity index (χ1) is 11.1. The fraction of sp³-hybridized carbons (Fsp3) is 0.222. The predicted molar refractivity (Wildman–Crippen MR) is 91.2 cm³/mol. The molecule has 0 aliphatic carbocycles. The third kappa shape index (κ3) is 3.60. The summed E-state index contributed by atoms with van der Waals surface area (Å²) in [5, 5.41) is 12.5. The molecule has 1 aromatic heterocycles. The van der Waals surface area contributed by atoms with Crippen LogP contribution in [0.4, 0.5) is 0 Å². The van der Waals surface area contributed by atoms with E-state index in [1.807, 2.05) is 61.5 Å². The molecule has 0 aliphatic rings. The van der Waals surface area contributed by atoms with Crippen LogP contribution in [0.2, 0.25) is 5.02 Å². The quantitative estimate of drug-likeness (QED) is 0.731. The number of nitrogens with zero attached hydrogens (tertiary/aromatic N) is 2. The summed E-state index contributed by atoms with van der Waals surface area (Å²) in [6, 6.07) is 17.5. The van der Waals surface area contributed by atoms with E-state index in [9.17, 15) is 0 Å². The lowest BCUT2D eigenvalue weighted by Gasteiger charge is -2.18. The van der Waals surface area contributed by atoms with Crippen LogP contribution in [0.25, 0.3) is 11.5 Å². The summed E-state index contributed by atoms with van der Waals surface area (Å²) in [6.07, 6.45) is 0. The van der Waals surface area contributed by atoms with Gasteiger partial charge >= 0.3 is 0 Å². The van der Waals surface area contributed by atoms with Crippen LogP contribution in [0, 0.1) is 0 Å². The highest BCUT2D eigenvalue weighted by atomic mass is 35.5. The van der Waals surface area contributed by atoms with Crippen LogP contribution in [-0.2, 0) is 0 Å². The third-order valence-corrected chi connectivity index (χ3v) is 4.05. The monoisotopic (exact) mass is 327 g/mol. The fourth-order valence-corrected chi connectivity index (χ4v) is 2.77. The number of benzene rings is 2. The van der Waals surface area contributed by atoms with Gasteiger partial charge in [0.15, 0.2) is 0 Å². The molecule has 0 radical (unpaired) electrons. The molecule has 0 fully saturated rings. The number of hydrogen-bond donors (Lipinski definition) is 1. The Balaban J connectivity index is 1.73. The van der Waals surface area contributed by atoms with Crippen LogP contribution >= 0.6 is 11.6 Å². The molecule has 0 saturated carbocycles. The van der Waals surface area contributed by atoms with Gasteiger partial charge in [-0.05, 0) is 37.6 Å². The maximum Gasteiger partial charge on any atom is 0.247 e. The van der Waals surface area contributed by atoms with Crippen LogP contribution in [-0.4, -0.2) is 10.2 Å². The Labute approximate surface area is 140 Å². The van der Waals surface area contributed by atoms with Crippen LogP contribution in [0.15, 0.2) is 59.0 Å². The molecule has 3 rings (SSSR count). The highest BCUT2D eigenvalue weighted by Crippen LogP contribution is 2.26. The smallest absolute Gasteiger partial charge is 0.247 e. The minimum Gasteiger partial charge on any atom is -0.419 e. The number of nitrogens with one attached hydrogen (secondary N) is 1. The Kier molecular flexibility index (Phi) is 4.74. The Morgan fingerprint density at radius 3 is 2.35 bits per heavy atom. The molecule has 1 N–H and O–H groups in total. The predicted octanol–water partition coefficient (Wildman–Crippen LogP) is 4.80. The third-order valence-electron chi connectivity index (χ3n) is 3.70. The first-order valence-electron chi connectivity index (χ1n) is 7.54. The van der Waals surface area contributed by atoms with E-state index < -0.39 is 0 Å². The van der Waals surface area contributed by atoms with Gasteiger partial charge in [0.25, 0.3) is 0 Å². The van der Waals surface area contributed by atoms with Crippen LogP contribution < -0.4 is 5.32 Å². The molecule has 0 spiro atoms. The van der Waals surface area contributed by atoms with E-state index >= 15 is 0 Å². The topological polar surface area (TPSA) is 51.0 Å². The molecule has 5 heteroatoms. The fourth-order valence-electron chi connectivity index (χ4n) is 2.47. The average molecular weight is 328 g/mol. The van der Waals surface area contributed by atoms with Gasteiger partial charge in [-0.1, -0.05) is 48.0 Å². The van der Waals surface area contributed by atoms with Crippen molar-refractivity contribution in [1.29, 1.82) is 0 Å². The van der Waals surface area contributed by atoms with E-state index in [1.165, 1.54) is 0 Å². The summed E-state index contributed by atoms with van der Waals surface area (Å²) in [5.74, 6) is 1.09. The highest BCUT2D eigenvalue weighted by molar-refractivity contribution is 6.31. The van der Waals surface area contributed by atoms with Crippen molar-refractivity contribution in [2.24, 2.45) is 0 Å². The van der Waals surface area contributed by atoms with Crippen LogP contribution in [0.5, 0.6) is 0 Å². The van der Waals surface area contributed by atoms with Crippen molar-refractivity contribution in [1.82, 2.24) is 15.5 Å². The molecule has 1 heterocycles. The van der Waals surface area contributed by atoms with Gasteiger partial charge in [-0.2, -0.15) is 0 Å². The van der Waals surface area contributed by atoms with Gasteiger partial charge in [-0.15, -0.1) is 10.2 Å². The SMILES string of the molecule is C[C@H](N[C@@H](C)c1ccccc1Cl)c1nnc(-c2ccccc2)o1. The van der Waals surface area contributed by atoms with E-state index in [0.29, 0.717) is 11.8 Å². The van der Waals surface area contributed by atoms with Gasteiger partial charge < -0.3 is 4.42 Å². The van der Waals surface area contributed by atoms with Gasteiger partial charge in [0, 0.05) is 16.6 Å². The maximum atomic E-state index is 6.24. The van der Waals surface area contributed by atoms with E-state index in [4.69, 9.17) is 16.0 Å². The van der Waals surface area contributed by atoms with Crippen molar-refractivity contribution < 1.29 is 4.42 Å². The van der Waals surface area contributed by atoms with Gasteiger partial charge in [0.05, 0.1) is 6.04 Å². The van der Waals surface area contributed by atoms with E-state index in [-0.39, 0.29) is 12.1 Å². The van der Waals surface area contributed by atoms with Crippen molar-refractivity contribution in [3.63, 3.8) is 0 Å². The lowest BCUT2D eigenvalue weighted by atomic mass is 10.1. The number of rotatable bonds is 5. The first-order valence-corrected chi connectivity index (χ1v) is 7.92. The molecule has 0 aliphatic heterocycles. The van der Waals surface area contributed by atoms with Gasteiger partial charge in [0.2, 0.25) is 11.8 Å². The molecule has 4 nitrogen and oxygen atoms in total. The minimum absolute atomic E-state index is 0.0748. The average Bonchev–Trinajstić information content (AvgIpc) is 3.06. The second kappa shape index (κ2) is 6.94. The zero-order chi connectivity index (χ0) is 16.2. The molecule has 118 valence electrons. The maximum absolute atomic E-state index is 6.24. The zero-order valence-electron chi connectivity index (χ0n) is 13.0. The largest absolute Gasteiger partial charge is 0.419 e. The van der Waals surface area contributed by atoms with Crippen LogP contribution in [0.3, 0.4) is 0 Å². The summed E-state index contributed by atoms with van der Waals surface area (Å²) in [4.78, 5) is 0. The Morgan fingerprint density at radius 1 is 0.913 bits per heavy atom. The Hall–Kier alpha value is -2.17. The Bertz CT molecular complexity index is 773. The molecule has 2 atom stereocenters. The minimum atomic E-state index is -0.0776. The molecule has 0 unspecified atom stereocenters. The normalized spacial score (nSPS) is 13.7. The number of aromatic nitrogens is 2. The van der Waals surface area contributed by atoms with Crippen molar-refractivity contribution in [2.75, 3.05) is 0 Å².